The molecule has 1 N–H and O–H groups in total. The number of carbonyl (C=O) groups excluding carboxylic acids is 1. The first-order chi connectivity index (χ1) is 20.5. The van der Waals surface area contributed by atoms with E-state index in [-0.39, 0.29) is 12.8 Å². The monoisotopic (exact) mass is 628 g/mol. The molecule has 3 heterocycles. The van der Waals surface area contributed by atoms with Crippen molar-refractivity contribution in [2.45, 2.75) is 83.2 Å². The lowest BCUT2D eigenvalue weighted by molar-refractivity contribution is -0.299. The zero-order valence-electron chi connectivity index (χ0n) is 24.2. The van der Waals surface area contributed by atoms with Crippen LogP contribution >= 0.6 is 0 Å². The molecular formula is C29H30F6N4O5. The van der Waals surface area contributed by atoms with Crippen molar-refractivity contribution < 1.29 is 49.8 Å². The van der Waals surface area contributed by atoms with Gasteiger partial charge in [0, 0.05) is 6.42 Å². The highest BCUT2D eigenvalue weighted by Crippen LogP contribution is 2.47. The van der Waals surface area contributed by atoms with Crippen LogP contribution < -0.4 is 10.1 Å². The van der Waals surface area contributed by atoms with Crippen molar-refractivity contribution in [1.29, 1.82) is 0 Å². The molecule has 44 heavy (non-hydrogen) atoms. The highest BCUT2D eigenvalue weighted by atomic mass is 19.4. The smallest absolute Gasteiger partial charge is 0.426 e. The summed E-state index contributed by atoms with van der Waals surface area (Å²) in [6.45, 7) is 5.58. The topological polar surface area (TPSA) is 109 Å². The summed E-state index contributed by atoms with van der Waals surface area (Å²) >= 11 is 0. The van der Waals surface area contributed by atoms with Gasteiger partial charge in [-0.25, -0.2) is 9.78 Å². The van der Waals surface area contributed by atoms with Gasteiger partial charge < -0.3 is 18.6 Å². The Kier molecular flexibility index (Phi) is 9.28. The number of benzene rings is 1. The molecule has 0 unspecified atom stereocenters. The first kappa shape index (κ1) is 32.8. The molecule has 9 nitrogen and oxygen atoms in total. The Bertz CT molecular complexity index is 1480. The molecule has 1 aliphatic rings. The van der Waals surface area contributed by atoms with E-state index in [0.717, 1.165) is 0 Å². The van der Waals surface area contributed by atoms with Crippen LogP contribution in [0.5, 0.6) is 5.88 Å². The number of nitrogens with zero attached hydrogens (tertiary/aromatic N) is 3. The summed E-state index contributed by atoms with van der Waals surface area (Å²) < 4.78 is 109. The van der Waals surface area contributed by atoms with Gasteiger partial charge in [0.25, 0.3) is 11.8 Å². The first-order valence-corrected chi connectivity index (χ1v) is 13.5. The fourth-order valence-corrected chi connectivity index (χ4v) is 4.24. The second-order valence-electron chi connectivity index (χ2n) is 11.0. The molecular weight excluding hydrogens is 598 g/mol. The maximum absolute atomic E-state index is 14.9. The Labute approximate surface area is 248 Å². The lowest BCUT2D eigenvalue weighted by Crippen LogP contribution is -2.45. The molecule has 1 amide bonds. The van der Waals surface area contributed by atoms with Gasteiger partial charge in [0.15, 0.2) is 5.69 Å². The summed E-state index contributed by atoms with van der Waals surface area (Å²) in [6.07, 6.45) is -9.95. The lowest BCUT2D eigenvalue weighted by Gasteiger charge is -2.32. The fourth-order valence-electron chi connectivity index (χ4n) is 4.24. The van der Waals surface area contributed by atoms with E-state index in [4.69, 9.17) is 18.6 Å². The Hall–Kier alpha value is -4.14. The standard InChI is InChI=1S/C29H30F6N4O5/c1-17-11-7-6-10-14-27(29(33,34)35,41-16-18-12-8-5-9-13-18)24-39-38-23(43-24)21-20(36-25(40)44-26(2,3)4)15-19(28(30,31)32)22(37-21)42-17/h5-9,12-13,15,17H,10-11,14,16H2,1-4H3,(H,36,40)/t17-,27+/m0/s1. The van der Waals surface area contributed by atoms with Crippen LogP contribution in [-0.2, 0) is 27.9 Å². The molecule has 15 heteroatoms. The van der Waals surface area contributed by atoms with E-state index in [1.165, 1.54) is 39.8 Å². The van der Waals surface area contributed by atoms with E-state index in [0.29, 0.717) is 11.6 Å². The highest BCUT2D eigenvalue weighted by Gasteiger charge is 2.61. The van der Waals surface area contributed by atoms with E-state index in [1.807, 2.05) is 0 Å². The second kappa shape index (κ2) is 12.5. The third kappa shape index (κ3) is 7.68. The van der Waals surface area contributed by atoms with E-state index < -0.39 is 83.4 Å². The van der Waals surface area contributed by atoms with Gasteiger partial charge in [-0.05, 0) is 52.2 Å². The van der Waals surface area contributed by atoms with Crippen LogP contribution in [0.3, 0.4) is 0 Å². The third-order valence-corrected chi connectivity index (χ3v) is 6.30. The predicted molar refractivity (Wildman–Crippen MR) is 144 cm³/mol. The normalized spacial score (nSPS) is 19.5. The molecule has 0 fully saturated rings. The average molecular weight is 629 g/mol. The summed E-state index contributed by atoms with van der Waals surface area (Å²) in [4.78, 5) is 16.5. The van der Waals surface area contributed by atoms with Crippen LogP contribution in [0.25, 0.3) is 11.6 Å². The second-order valence-corrected chi connectivity index (χ2v) is 11.0. The van der Waals surface area contributed by atoms with Crippen molar-refractivity contribution in [3.63, 3.8) is 0 Å². The minimum absolute atomic E-state index is 0.0501. The van der Waals surface area contributed by atoms with Crippen LogP contribution in [0.15, 0.2) is 53.0 Å². The molecule has 2 atom stereocenters. The van der Waals surface area contributed by atoms with Gasteiger partial charge in [-0.1, -0.05) is 42.5 Å². The van der Waals surface area contributed by atoms with Crippen LogP contribution in [0.2, 0.25) is 0 Å². The minimum atomic E-state index is -5.07. The van der Waals surface area contributed by atoms with Crippen molar-refractivity contribution in [1.82, 2.24) is 15.2 Å². The van der Waals surface area contributed by atoms with E-state index >= 15 is 0 Å². The summed E-state index contributed by atoms with van der Waals surface area (Å²) in [6, 6.07) is 8.64. The number of hydrogen-bond acceptors (Lipinski definition) is 8. The molecule has 3 aromatic rings. The van der Waals surface area contributed by atoms with Crippen LogP contribution in [0, 0.1) is 0 Å². The Morgan fingerprint density at radius 1 is 1.07 bits per heavy atom. The molecule has 0 saturated carbocycles. The molecule has 0 aliphatic carbocycles. The quantitative estimate of drug-likeness (QED) is 0.229. The number of aromatic nitrogens is 3. The molecule has 1 aromatic carbocycles. The SMILES string of the molecule is C[C@H]1CC=CCC[C@](OCc2ccccc2)(C(F)(F)F)c2nnc(o2)-c2nc(c(C(F)(F)F)cc2NC(=O)OC(C)(C)C)O1. The predicted octanol–water partition coefficient (Wildman–Crippen LogP) is 7.98. The molecule has 0 saturated heterocycles. The molecule has 1 aliphatic heterocycles. The highest BCUT2D eigenvalue weighted by molar-refractivity contribution is 5.89. The fraction of sp³-hybridized carbons (Fsp3) is 0.448. The number of pyridine rings is 1. The molecule has 2 aromatic heterocycles. The summed E-state index contributed by atoms with van der Waals surface area (Å²) in [7, 11) is 0. The number of anilines is 1. The third-order valence-electron chi connectivity index (χ3n) is 6.30. The zero-order chi connectivity index (χ0) is 32.3. The molecule has 4 rings (SSSR count). The van der Waals surface area contributed by atoms with Crippen molar-refractivity contribution in [3.8, 4) is 17.5 Å². The minimum Gasteiger partial charge on any atom is -0.474 e. The van der Waals surface area contributed by atoms with Crippen molar-refractivity contribution >= 4 is 11.8 Å². The van der Waals surface area contributed by atoms with Gasteiger partial charge in [0.1, 0.15) is 17.3 Å². The summed E-state index contributed by atoms with van der Waals surface area (Å²) in [5, 5.41) is 9.48. The largest absolute Gasteiger partial charge is 0.474 e. The summed E-state index contributed by atoms with van der Waals surface area (Å²) in [5.41, 5.74) is -6.24. The maximum atomic E-state index is 14.9. The van der Waals surface area contributed by atoms with Gasteiger partial charge in [0.2, 0.25) is 11.5 Å². The number of allylic oxidation sites excluding steroid dienone is 1. The van der Waals surface area contributed by atoms with E-state index in [9.17, 15) is 31.1 Å². The molecule has 4 bridgehead atoms. The number of alkyl halides is 6. The van der Waals surface area contributed by atoms with Gasteiger partial charge in [-0.3, -0.25) is 5.32 Å². The van der Waals surface area contributed by atoms with Gasteiger partial charge >= 0.3 is 18.4 Å². The Morgan fingerprint density at radius 2 is 1.77 bits per heavy atom. The number of amides is 1. The van der Waals surface area contributed by atoms with Gasteiger partial charge in [0.05, 0.1) is 12.3 Å². The van der Waals surface area contributed by atoms with E-state index in [2.05, 4.69) is 20.5 Å². The molecule has 0 spiro atoms. The number of rotatable bonds is 4. The van der Waals surface area contributed by atoms with Gasteiger partial charge in [-0.2, -0.15) is 26.3 Å². The number of nitrogens with one attached hydrogen (secondary N) is 1. The lowest BCUT2D eigenvalue weighted by atomic mass is 9.95. The van der Waals surface area contributed by atoms with Crippen LogP contribution in [0.4, 0.5) is 36.8 Å². The van der Waals surface area contributed by atoms with Crippen LogP contribution in [0.1, 0.15) is 64.0 Å². The van der Waals surface area contributed by atoms with Gasteiger partial charge in [-0.15, -0.1) is 10.2 Å². The van der Waals surface area contributed by atoms with Crippen molar-refractivity contribution in [2.75, 3.05) is 5.32 Å². The number of hydrogen-bond donors (Lipinski definition) is 1. The number of halogens is 6. The Balaban J connectivity index is 1.90. The maximum Gasteiger partial charge on any atom is 0.426 e. The molecule has 238 valence electrons. The van der Waals surface area contributed by atoms with Crippen molar-refractivity contribution in [2.24, 2.45) is 0 Å². The Morgan fingerprint density at radius 3 is 2.41 bits per heavy atom. The number of fused-ring (bicyclic) bond motifs is 5. The molecule has 0 radical (unpaired) electrons. The van der Waals surface area contributed by atoms with E-state index in [1.54, 1.807) is 30.3 Å². The zero-order valence-corrected chi connectivity index (χ0v) is 24.2. The van der Waals surface area contributed by atoms with Crippen molar-refractivity contribution in [3.05, 3.63) is 65.6 Å². The first-order valence-electron chi connectivity index (χ1n) is 13.5. The van der Waals surface area contributed by atoms with Crippen LogP contribution in [-0.4, -0.2) is 39.2 Å². The summed E-state index contributed by atoms with van der Waals surface area (Å²) in [5.74, 6) is -2.62. The number of ether oxygens (including phenoxy) is 3. The number of carbonyl (C=O) groups is 1. The average Bonchev–Trinajstić information content (AvgIpc) is 3.39.